The van der Waals surface area contributed by atoms with Gasteiger partial charge < -0.3 is 15.2 Å². The Morgan fingerprint density at radius 2 is 2.40 bits per heavy atom. The second-order valence-corrected chi connectivity index (χ2v) is 3.45. The summed E-state index contributed by atoms with van der Waals surface area (Å²) in [5, 5.41) is 11.7. The van der Waals surface area contributed by atoms with E-state index in [0.29, 0.717) is 13.2 Å². The molecular formula is C11H13NO3. The lowest BCUT2D eigenvalue weighted by Gasteiger charge is -2.23. The molecular weight excluding hydrogens is 194 g/mol. The fourth-order valence-electron chi connectivity index (χ4n) is 1.62. The van der Waals surface area contributed by atoms with Crippen molar-refractivity contribution in [3.05, 3.63) is 35.4 Å². The average Bonchev–Trinajstić information content (AvgIpc) is 2.30. The number of rotatable bonds is 2. The molecule has 0 bridgehead atoms. The van der Waals surface area contributed by atoms with Gasteiger partial charge in [0.05, 0.1) is 13.2 Å². The van der Waals surface area contributed by atoms with Crippen molar-refractivity contribution in [3.8, 4) is 0 Å². The molecule has 15 heavy (non-hydrogen) atoms. The van der Waals surface area contributed by atoms with Gasteiger partial charge in [-0.2, -0.15) is 0 Å². The number of hydrogen-bond acceptors (Lipinski definition) is 3. The Bertz CT molecular complexity index is 365. The molecule has 4 heteroatoms. The van der Waals surface area contributed by atoms with Crippen LogP contribution in [0.2, 0.25) is 0 Å². The predicted octanol–water partition coefficient (Wildman–Crippen LogP) is 0.366. The largest absolute Gasteiger partial charge is 0.392 e. The third-order valence-electron chi connectivity index (χ3n) is 2.36. The summed E-state index contributed by atoms with van der Waals surface area (Å²) in [6.07, 6.45) is -0.537. The minimum absolute atomic E-state index is 0.0256. The normalized spacial score (nSPS) is 21.1. The van der Waals surface area contributed by atoms with Crippen LogP contribution in [0.5, 0.6) is 0 Å². The van der Waals surface area contributed by atoms with Gasteiger partial charge >= 0.3 is 0 Å². The molecule has 1 aromatic carbocycles. The van der Waals surface area contributed by atoms with Gasteiger partial charge in [0.25, 0.3) is 5.91 Å². The number of carbonyl (C=O) groups excluding carboxylic acids is 1. The van der Waals surface area contributed by atoms with E-state index in [1.54, 1.807) is 6.07 Å². The van der Waals surface area contributed by atoms with Crippen LogP contribution >= 0.6 is 0 Å². The van der Waals surface area contributed by atoms with Crippen molar-refractivity contribution in [3.63, 3.8) is 0 Å². The lowest BCUT2D eigenvalue weighted by molar-refractivity contribution is -0.138. The van der Waals surface area contributed by atoms with Crippen LogP contribution in [0.25, 0.3) is 0 Å². The average molecular weight is 207 g/mol. The second-order valence-electron chi connectivity index (χ2n) is 3.45. The first-order chi connectivity index (χ1) is 7.31. The third kappa shape index (κ3) is 2.16. The zero-order chi connectivity index (χ0) is 10.7. The van der Waals surface area contributed by atoms with E-state index < -0.39 is 6.10 Å². The standard InChI is InChI=1S/C11H13NO3/c13-7-8-2-1-3-9(6-8)10-11(14)12-4-5-15-10/h1-3,6,10,13H,4-5,7H2,(H,12,14). The number of ether oxygens (including phenoxy) is 1. The van der Waals surface area contributed by atoms with Gasteiger partial charge in [-0.25, -0.2) is 0 Å². The van der Waals surface area contributed by atoms with E-state index in [0.717, 1.165) is 11.1 Å². The highest BCUT2D eigenvalue weighted by Crippen LogP contribution is 2.20. The van der Waals surface area contributed by atoms with Crippen molar-refractivity contribution >= 4 is 5.91 Å². The van der Waals surface area contributed by atoms with Gasteiger partial charge in [0.15, 0.2) is 6.10 Å². The molecule has 1 atom stereocenters. The van der Waals surface area contributed by atoms with Crippen molar-refractivity contribution in [1.82, 2.24) is 5.32 Å². The summed E-state index contributed by atoms with van der Waals surface area (Å²) >= 11 is 0. The number of aliphatic hydroxyl groups is 1. The smallest absolute Gasteiger partial charge is 0.253 e. The van der Waals surface area contributed by atoms with E-state index in [1.807, 2.05) is 18.2 Å². The van der Waals surface area contributed by atoms with E-state index in [9.17, 15) is 4.79 Å². The molecule has 0 aliphatic carbocycles. The monoisotopic (exact) mass is 207 g/mol. The molecule has 1 saturated heterocycles. The first kappa shape index (κ1) is 10.1. The lowest BCUT2D eigenvalue weighted by Crippen LogP contribution is -2.39. The highest BCUT2D eigenvalue weighted by Gasteiger charge is 2.24. The number of nitrogens with one attached hydrogen (secondary N) is 1. The van der Waals surface area contributed by atoms with Crippen LogP contribution in [0, 0.1) is 0 Å². The molecule has 2 N–H and O–H groups in total. The fourth-order valence-corrected chi connectivity index (χ4v) is 1.62. The van der Waals surface area contributed by atoms with Crippen LogP contribution < -0.4 is 5.32 Å². The zero-order valence-corrected chi connectivity index (χ0v) is 8.27. The first-order valence-corrected chi connectivity index (χ1v) is 4.90. The molecule has 1 amide bonds. The molecule has 1 heterocycles. The molecule has 0 spiro atoms. The summed E-state index contributed by atoms with van der Waals surface area (Å²) in [7, 11) is 0. The number of carbonyl (C=O) groups is 1. The zero-order valence-electron chi connectivity index (χ0n) is 8.27. The molecule has 0 radical (unpaired) electrons. The summed E-state index contributed by atoms with van der Waals surface area (Å²) in [5.41, 5.74) is 1.58. The Morgan fingerprint density at radius 1 is 1.53 bits per heavy atom. The maximum absolute atomic E-state index is 11.5. The quantitative estimate of drug-likeness (QED) is 0.736. The Morgan fingerprint density at radius 3 is 3.13 bits per heavy atom. The highest BCUT2D eigenvalue weighted by atomic mass is 16.5. The first-order valence-electron chi connectivity index (χ1n) is 4.90. The molecule has 1 fully saturated rings. The maximum atomic E-state index is 11.5. The molecule has 2 rings (SSSR count). The Hall–Kier alpha value is -1.39. The summed E-state index contributed by atoms with van der Waals surface area (Å²) < 4.78 is 5.38. The Labute approximate surface area is 87.9 Å². The van der Waals surface area contributed by atoms with Crippen molar-refractivity contribution in [2.24, 2.45) is 0 Å². The number of aliphatic hydroxyl groups excluding tert-OH is 1. The van der Waals surface area contributed by atoms with E-state index in [4.69, 9.17) is 9.84 Å². The van der Waals surface area contributed by atoms with E-state index in [-0.39, 0.29) is 12.5 Å². The van der Waals surface area contributed by atoms with Crippen LogP contribution in [0.1, 0.15) is 17.2 Å². The highest BCUT2D eigenvalue weighted by molar-refractivity contribution is 5.82. The van der Waals surface area contributed by atoms with Crippen LogP contribution in [-0.2, 0) is 16.1 Å². The molecule has 1 aliphatic rings. The molecule has 0 aromatic heterocycles. The predicted molar refractivity (Wildman–Crippen MR) is 54.1 cm³/mol. The van der Waals surface area contributed by atoms with Gasteiger partial charge in [-0.05, 0) is 11.1 Å². The molecule has 4 nitrogen and oxygen atoms in total. The van der Waals surface area contributed by atoms with Crippen molar-refractivity contribution in [2.75, 3.05) is 13.2 Å². The summed E-state index contributed by atoms with van der Waals surface area (Å²) in [5.74, 6) is -0.115. The van der Waals surface area contributed by atoms with Gasteiger partial charge in [-0.15, -0.1) is 0 Å². The Balaban J connectivity index is 2.23. The van der Waals surface area contributed by atoms with Crippen LogP contribution in [0.3, 0.4) is 0 Å². The summed E-state index contributed by atoms with van der Waals surface area (Å²) in [6.45, 7) is 1.07. The number of amides is 1. The van der Waals surface area contributed by atoms with Crippen molar-refractivity contribution in [1.29, 1.82) is 0 Å². The summed E-state index contributed by atoms with van der Waals surface area (Å²) in [4.78, 5) is 11.5. The third-order valence-corrected chi connectivity index (χ3v) is 2.36. The van der Waals surface area contributed by atoms with Gasteiger partial charge in [0.2, 0.25) is 0 Å². The van der Waals surface area contributed by atoms with Crippen LogP contribution in [0.4, 0.5) is 0 Å². The van der Waals surface area contributed by atoms with E-state index >= 15 is 0 Å². The van der Waals surface area contributed by atoms with E-state index in [1.165, 1.54) is 0 Å². The minimum Gasteiger partial charge on any atom is -0.392 e. The molecule has 1 unspecified atom stereocenters. The van der Waals surface area contributed by atoms with Crippen molar-refractivity contribution < 1.29 is 14.6 Å². The molecule has 0 saturated carbocycles. The van der Waals surface area contributed by atoms with Gasteiger partial charge in [0.1, 0.15) is 0 Å². The van der Waals surface area contributed by atoms with Crippen LogP contribution in [-0.4, -0.2) is 24.2 Å². The maximum Gasteiger partial charge on any atom is 0.253 e. The lowest BCUT2D eigenvalue weighted by atomic mass is 10.0. The molecule has 1 aliphatic heterocycles. The van der Waals surface area contributed by atoms with Gasteiger partial charge in [-0.3, -0.25) is 4.79 Å². The number of benzene rings is 1. The molecule has 80 valence electrons. The molecule has 1 aromatic rings. The van der Waals surface area contributed by atoms with Gasteiger partial charge in [0, 0.05) is 6.54 Å². The fraction of sp³-hybridized carbons (Fsp3) is 0.364. The topological polar surface area (TPSA) is 58.6 Å². The second kappa shape index (κ2) is 4.42. The van der Waals surface area contributed by atoms with Crippen molar-refractivity contribution in [2.45, 2.75) is 12.7 Å². The Kier molecular flexibility index (Phi) is 2.99. The number of morpholine rings is 1. The van der Waals surface area contributed by atoms with E-state index in [2.05, 4.69) is 5.32 Å². The van der Waals surface area contributed by atoms with Crippen LogP contribution in [0.15, 0.2) is 24.3 Å². The summed E-state index contributed by atoms with van der Waals surface area (Å²) in [6, 6.07) is 7.24. The SMILES string of the molecule is O=C1NCCOC1c1cccc(CO)c1. The minimum atomic E-state index is -0.537. The number of hydrogen-bond donors (Lipinski definition) is 2. The van der Waals surface area contributed by atoms with Gasteiger partial charge in [-0.1, -0.05) is 24.3 Å².